The number of nitrogens with zero attached hydrogens (tertiary/aromatic N) is 1. The summed E-state index contributed by atoms with van der Waals surface area (Å²) in [6, 6.07) is 0. The lowest BCUT2D eigenvalue weighted by molar-refractivity contribution is -0.177. The highest BCUT2D eigenvalue weighted by atomic mass is 16.8. The van der Waals surface area contributed by atoms with Crippen LogP contribution in [0.25, 0.3) is 0 Å². The van der Waals surface area contributed by atoms with Crippen LogP contribution in [0.1, 0.15) is 38.5 Å². The molecule has 2 fully saturated rings. The van der Waals surface area contributed by atoms with Crippen LogP contribution in [0.15, 0.2) is 0 Å². The van der Waals surface area contributed by atoms with E-state index in [-0.39, 0.29) is 32.7 Å². The van der Waals surface area contributed by atoms with Crippen molar-refractivity contribution in [2.45, 2.75) is 38.5 Å². The Morgan fingerprint density at radius 3 is 1.97 bits per heavy atom. The van der Waals surface area contributed by atoms with Gasteiger partial charge >= 0.3 is 12.2 Å². The molecule has 1 aliphatic heterocycles. The molecule has 1 heterocycles. The summed E-state index contributed by atoms with van der Waals surface area (Å²) < 4.78 is 26.1. The smallest absolute Gasteiger partial charge is 0.449 e. The summed E-state index contributed by atoms with van der Waals surface area (Å²) >= 11 is 0. The molecule has 36 heavy (non-hydrogen) atoms. The number of fused-ring (bicyclic) bond motifs is 1. The molecule has 12 heteroatoms. The van der Waals surface area contributed by atoms with Crippen molar-refractivity contribution in [2.75, 3.05) is 59.4 Å². The van der Waals surface area contributed by atoms with E-state index in [1.54, 1.807) is 0 Å². The second-order valence-corrected chi connectivity index (χ2v) is 8.56. The number of rotatable bonds is 15. The van der Waals surface area contributed by atoms with Crippen LogP contribution in [0, 0.1) is 29.6 Å². The molecule has 0 radical (unpaired) electrons. The van der Waals surface area contributed by atoms with E-state index in [1.165, 1.54) is 0 Å². The molecule has 0 bridgehead atoms. The first-order valence-corrected chi connectivity index (χ1v) is 12.4. The average molecular weight is 511 g/mol. The molecule has 3 amide bonds. The van der Waals surface area contributed by atoms with E-state index in [4.69, 9.17) is 23.7 Å². The van der Waals surface area contributed by atoms with Crippen molar-refractivity contribution in [1.29, 1.82) is 0 Å². The third kappa shape index (κ3) is 9.64. The van der Waals surface area contributed by atoms with E-state index >= 15 is 0 Å². The van der Waals surface area contributed by atoms with Gasteiger partial charge in [0.15, 0.2) is 0 Å². The summed E-state index contributed by atoms with van der Waals surface area (Å²) in [7, 11) is 0. The highest BCUT2D eigenvalue weighted by Crippen LogP contribution is 2.52. The number of nitrogens with one attached hydrogen (secondary N) is 1. The van der Waals surface area contributed by atoms with Crippen molar-refractivity contribution in [3.8, 4) is 11.8 Å². The quantitative estimate of drug-likeness (QED) is 0.149. The normalized spacial score (nSPS) is 22.6. The number of carbonyl (C=O) groups excluding carboxylic acids is 4. The zero-order valence-electron chi connectivity index (χ0n) is 20.4. The van der Waals surface area contributed by atoms with E-state index < -0.39 is 24.1 Å². The van der Waals surface area contributed by atoms with Crippen molar-refractivity contribution in [2.24, 2.45) is 17.8 Å². The molecule has 200 valence electrons. The van der Waals surface area contributed by atoms with E-state index in [2.05, 4.69) is 22.0 Å². The SMILES string of the molecule is O=C(NCCOCCOCCOCCOC(=O)ON1C(=O)CCC1=O)OC[C@@H]1[C@@H]2CCC#CCC[C@@H]21. The topological polar surface area (TPSA) is 139 Å². The average Bonchev–Trinajstić information content (AvgIpc) is 3.39. The van der Waals surface area contributed by atoms with Gasteiger partial charge in [-0.05, 0) is 30.6 Å². The largest absolute Gasteiger partial charge is 0.534 e. The Kier molecular flexibility index (Phi) is 11.8. The molecule has 1 N–H and O–H groups in total. The zero-order valence-corrected chi connectivity index (χ0v) is 20.4. The number of ether oxygens (including phenoxy) is 5. The molecule has 0 aromatic heterocycles. The summed E-state index contributed by atoms with van der Waals surface area (Å²) in [6.07, 6.45) is 2.57. The van der Waals surface area contributed by atoms with Gasteiger partial charge in [0.1, 0.15) is 6.61 Å². The molecule has 0 spiro atoms. The van der Waals surface area contributed by atoms with E-state index in [0.29, 0.717) is 62.4 Å². The number of hydrogen-bond acceptors (Lipinski definition) is 10. The molecule has 12 nitrogen and oxygen atoms in total. The lowest BCUT2D eigenvalue weighted by Crippen LogP contribution is -2.32. The van der Waals surface area contributed by atoms with Gasteiger partial charge in [-0.15, -0.1) is 11.8 Å². The summed E-state index contributed by atoms with van der Waals surface area (Å²) in [5, 5.41) is 3.10. The fraction of sp³-hybridized carbons (Fsp3) is 0.750. The lowest BCUT2D eigenvalue weighted by atomic mass is 10.1. The van der Waals surface area contributed by atoms with Crippen LogP contribution >= 0.6 is 0 Å². The highest BCUT2D eigenvalue weighted by molar-refractivity contribution is 6.01. The molecule has 0 unspecified atom stereocenters. The Bertz CT molecular complexity index is 789. The molecule has 2 aliphatic carbocycles. The number of carbonyl (C=O) groups is 4. The van der Waals surface area contributed by atoms with Gasteiger partial charge in [0.2, 0.25) is 0 Å². The minimum Gasteiger partial charge on any atom is -0.449 e. The molecule has 3 atom stereocenters. The maximum Gasteiger partial charge on any atom is 0.534 e. The maximum absolute atomic E-state index is 11.8. The number of hydroxylamine groups is 2. The molecule has 0 aromatic carbocycles. The molecule has 3 aliphatic rings. The number of amides is 3. The van der Waals surface area contributed by atoms with E-state index in [1.807, 2.05) is 0 Å². The fourth-order valence-corrected chi connectivity index (χ4v) is 4.22. The van der Waals surface area contributed by atoms with E-state index in [9.17, 15) is 19.2 Å². The second kappa shape index (κ2) is 15.3. The molecule has 0 aromatic rings. The third-order valence-electron chi connectivity index (χ3n) is 6.13. The van der Waals surface area contributed by atoms with Gasteiger partial charge in [-0.2, -0.15) is 0 Å². The second-order valence-electron chi connectivity index (χ2n) is 8.56. The first kappa shape index (κ1) is 27.7. The Hall–Kier alpha value is -2.88. The summed E-state index contributed by atoms with van der Waals surface area (Å²) in [5.74, 6) is 6.98. The van der Waals surface area contributed by atoms with Crippen LogP contribution < -0.4 is 5.32 Å². The van der Waals surface area contributed by atoms with Gasteiger partial charge in [-0.25, -0.2) is 9.59 Å². The fourth-order valence-electron chi connectivity index (χ4n) is 4.22. The zero-order chi connectivity index (χ0) is 25.6. The first-order valence-electron chi connectivity index (χ1n) is 12.4. The van der Waals surface area contributed by atoms with Gasteiger partial charge in [0.05, 0.1) is 46.2 Å². The predicted molar refractivity (Wildman–Crippen MR) is 122 cm³/mol. The minimum atomic E-state index is -1.14. The van der Waals surface area contributed by atoms with Crippen LogP contribution in [0.3, 0.4) is 0 Å². The van der Waals surface area contributed by atoms with Crippen LogP contribution in [0.5, 0.6) is 0 Å². The van der Waals surface area contributed by atoms with Crippen molar-refractivity contribution >= 4 is 24.1 Å². The van der Waals surface area contributed by atoms with Crippen LogP contribution in [0.4, 0.5) is 9.59 Å². The van der Waals surface area contributed by atoms with Crippen LogP contribution in [0.2, 0.25) is 0 Å². The van der Waals surface area contributed by atoms with Crippen molar-refractivity contribution in [3.63, 3.8) is 0 Å². The molecule has 1 saturated carbocycles. The molecular weight excluding hydrogens is 476 g/mol. The third-order valence-corrected chi connectivity index (χ3v) is 6.13. The molecule has 3 rings (SSSR count). The van der Waals surface area contributed by atoms with Crippen LogP contribution in [-0.2, 0) is 38.1 Å². The first-order chi connectivity index (χ1) is 17.6. The number of imide groups is 1. The minimum absolute atomic E-state index is 0.0176. The van der Waals surface area contributed by atoms with E-state index in [0.717, 1.165) is 25.7 Å². The number of hydrogen-bond donors (Lipinski definition) is 1. The molecule has 1 saturated heterocycles. The Balaban J connectivity index is 1.04. The monoisotopic (exact) mass is 510 g/mol. The standard InChI is InChI=1S/C24H34N2O10/c27-21-7-8-22(28)26(21)36-24(30)34-16-15-33-14-13-32-12-11-31-10-9-25-23(29)35-17-20-18-5-3-1-2-4-6-19(18)20/h18-20H,3-17H2,(H,25,29)/t18-,19+,20-. The van der Waals surface area contributed by atoms with Gasteiger partial charge in [-0.3, -0.25) is 14.4 Å². The summed E-state index contributed by atoms with van der Waals surface area (Å²) in [5.41, 5.74) is 0. The molecular formula is C24H34N2O10. The Morgan fingerprint density at radius 1 is 0.806 bits per heavy atom. The van der Waals surface area contributed by atoms with Gasteiger partial charge in [0, 0.05) is 32.2 Å². The van der Waals surface area contributed by atoms with Crippen molar-refractivity contribution in [1.82, 2.24) is 10.4 Å². The highest BCUT2D eigenvalue weighted by Gasteiger charge is 2.49. The van der Waals surface area contributed by atoms with Crippen molar-refractivity contribution in [3.05, 3.63) is 0 Å². The summed E-state index contributed by atoms with van der Waals surface area (Å²) in [4.78, 5) is 50.4. The Labute approximate surface area is 210 Å². The van der Waals surface area contributed by atoms with Gasteiger partial charge in [-0.1, -0.05) is 5.06 Å². The van der Waals surface area contributed by atoms with Crippen molar-refractivity contribution < 1.29 is 47.7 Å². The maximum atomic E-state index is 11.8. The Morgan fingerprint density at radius 2 is 1.36 bits per heavy atom. The summed E-state index contributed by atoms with van der Waals surface area (Å²) in [6.45, 7) is 2.53. The number of alkyl carbamates (subject to hydrolysis) is 1. The van der Waals surface area contributed by atoms with Gasteiger partial charge < -0.3 is 29.0 Å². The van der Waals surface area contributed by atoms with Gasteiger partial charge in [0.25, 0.3) is 11.8 Å². The predicted octanol–water partition coefficient (Wildman–Crippen LogP) is 1.42. The van der Waals surface area contributed by atoms with Crippen LogP contribution in [-0.4, -0.2) is 88.5 Å². The lowest BCUT2D eigenvalue weighted by Gasteiger charge is -2.12.